The average Bonchev–Trinajstić information content (AvgIpc) is 2.52. The molecule has 0 atom stereocenters. The van der Waals surface area contributed by atoms with Crippen molar-refractivity contribution in [3.8, 4) is 11.8 Å². The van der Waals surface area contributed by atoms with E-state index in [0.29, 0.717) is 24.5 Å². The predicted octanol–water partition coefficient (Wildman–Crippen LogP) is 3.33. The quantitative estimate of drug-likeness (QED) is 0.806. The van der Waals surface area contributed by atoms with Crippen LogP contribution in [0.1, 0.15) is 16.7 Å². The molecule has 0 radical (unpaired) electrons. The van der Waals surface area contributed by atoms with Crippen LogP contribution in [0.2, 0.25) is 0 Å². The highest BCUT2D eigenvalue weighted by Gasteiger charge is 2.05. The van der Waals surface area contributed by atoms with Gasteiger partial charge in [0.25, 0.3) is 0 Å². The van der Waals surface area contributed by atoms with Gasteiger partial charge >= 0.3 is 0 Å². The van der Waals surface area contributed by atoms with Crippen LogP contribution < -0.4 is 4.74 Å². The van der Waals surface area contributed by atoms with Crippen molar-refractivity contribution in [3.63, 3.8) is 0 Å². The third-order valence-corrected chi connectivity index (χ3v) is 3.00. The van der Waals surface area contributed by atoms with Gasteiger partial charge in [0.2, 0.25) is 0 Å². The Labute approximate surface area is 119 Å². The van der Waals surface area contributed by atoms with Crippen LogP contribution in [0.15, 0.2) is 48.5 Å². The van der Waals surface area contributed by atoms with E-state index < -0.39 is 0 Å². The van der Waals surface area contributed by atoms with E-state index in [1.165, 1.54) is 0 Å². The molecule has 2 aromatic rings. The van der Waals surface area contributed by atoms with Gasteiger partial charge in [-0.1, -0.05) is 36.4 Å². The number of methoxy groups -OCH3 is 1. The lowest BCUT2D eigenvalue weighted by atomic mass is 10.1. The molecule has 3 heteroatoms. The molecular formula is C17H17NO2. The van der Waals surface area contributed by atoms with Crippen LogP contribution in [-0.2, 0) is 17.8 Å². The second kappa shape index (κ2) is 7.32. The Bertz CT molecular complexity index is 588. The number of rotatable bonds is 6. The van der Waals surface area contributed by atoms with Crippen molar-refractivity contribution >= 4 is 0 Å². The predicted molar refractivity (Wildman–Crippen MR) is 77.5 cm³/mol. The smallest absolute Gasteiger partial charge is 0.137 e. The van der Waals surface area contributed by atoms with Gasteiger partial charge in [0.15, 0.2) is 0 Å². The highest BCUT2D eigenvalue weighted by molar-refractivity contribution is 5.45. The maximum Gasteiger partial charge on any atom is 0.137 e. The van der Waals surface area contributed by atoms with Crippen LogP contribution in [0.5, 0.6) is 5.75 Å². The summed E-state index contributed by atoms with van der Waals surface area (Å²) >= 11 is 0. The lowest BCUT2D eigenvalue weighted by Crippen LogP contribution is -1.99. The zero-order valence-electron chi connectivity index (χ0n) is 11.5. The highest BCUT2D eigenvalue weighted by atomic mass is 16.5. The fraction of sp³-hybridized carbons (Fsp3) is 0.235. The van der Waals surface area contributed by atoms with Crippen molar-refractivity contribution < 1.29 is 9.47 Å². The molecule has 2 rings (SSSR count). The Morgan fingerprint density at radius 3 is 2.55 bits per heavy atom. The van der Waals surface area contributed by atoms with E-state index in [4.69, 9.17) is 9.47 Å². The summed E-state index contributed by atoms with van der Waals surface area (Å²) in [7, 11) is 1.67. The van der Waals surface area contributed by atoms with Crippen LogP contribution in [0.25, 0.3) is 0 Å². The standard InChI is InChI=1S/C17H17NO2/c1-19-10-9-14-7-8-17(16(11-14)12-18)20-13-15-5-3-2-4-6-15/h2-8,11H,9-10,13H2,1H3. The van der Waals surface area contributed by atoms with Gasteiger partial charge in [0, 0.05) is 7.11 Å². The molecule has 2 aromatic carbocycles. The van der Waals surface area contributed by atoms with Gasteiger partial charge in [-0.3, -0.25) is 0 Å². The van der Waals surface area contributed by atoms with Gasteiger partial charge in [0.1, 0.15) is 18.4 Å². The number of nitrogens with zero attached hydrogens (tertiary/aromatic N) is 1. The first-order chi connectivity index (χ1) is 9.83. The number of hydrogen-bond donors (Lipinski definition) is 0. The molecule has 0 heterocycles. The zero-order chi connectivity index (χ0) is 14.2. The third kappa shape index (κ3) is 3.84. The maximum absolute atomic E-state index is 9.20. The molecule has 0 fully saturated rings. The second-order valence-corrected chi connectivity index (χ2v) is 4.46. The molecule has 0 bridgehead atoms. The molecule has 0 saturated heterocycles. The van der Waals surface area contributed by atoms with Gasteiger partial charge in [-0.15, -0.1) is 0 Å². The monoisotopic (exact) mass is 267 g/mol. The molecule has 0 N–H and O–H groups in total. The van der Waals surface area contributed by atoms with Crippen LogP contribution >= 0.6 is 0 Å². The minimum atomic E-state index is 0.465. The van der Waals surface area contributed by atoms with Crippen molar-refractivity contribution in [2.24, 2.45) is 0 Å². The largest absolute Gasteiger partial charge is 0.488 e. The molecule has 0 aromatic heterocycles. The molecule has 0 spiro atoms. The molecule has 3 nitrogen and oxygen atoms in total. The van der Waals surface area contributed by atoms with Crippen LogP contribution in [0, 0.1) is 11.3 Å². The number of nitriles is 1. The molecule has 0 unspecified atom stereocenters. The van der Waals surface area contributed by atoms with E-state index in [-0.39, 0.29) is 0 Å². The zero-order valence-corrected chi connectivity index (χ0v) is 11.5. The lowest BCUT2D eigenvalue weighted by Gasteiger charge is -2.09. The van der Waals surface area contributed by atoms with Gasteiger partial charge in [-0.05, 0) is 29.7 Å². The molecule has 0 aliphatic heterocycles. The Morgan fingerprint density at radius 1 is 1.05 bits per heavy atom. The molecule has 0 aliphatic rings. The normalized spacial score (nSPS) is 10.0. The van der Waals surface area contributed by atoms with Crippen molar-refractivity contribution in [1.82, 2.24) is 0 Å². The Morgan fingerprint density at radius 2 is 1.85 bits per heavy atom. The molecule has 102 valence electrons. The minimum absolute atomic E-state index is 0.465. The fourth-order valence-corrected chi connectivity index (χ4v) is 1.90. The van der Waals surface area contributed by atoms with E-state index in [1.807, 2.05) is 48.5 Å². The molecular weight excluding hydrogens is 250 g/mol. The van der Waals surface area contributed by atoms with Crippen LogP contribution in [0.4, 0.5) is 0 Å². The van der Waals surface area contributed by atoms with Crippen molar-refractivity contribution in [1.29, 1.82) is 5.26 Å². The van der Waals surface area contributed by atoms with E-state index in [9.17, 15) is 5.26 Å². The summed E-state index contributed by atoms with van der Waals surface area (Å²) in [6.07, 6.45) is 0.796. The van der Waals surface area contributed by atoms with E-state index in [1.54, 1.807) is 7.11 Å². The highest BCUT2D eigenvalue weighted by Crippen LogP contribution is 2.21. The van der Waals surface area contributed by atoms with Gasteiger partial charge in [-0.25, -0.2) is 0 Å². The average molecular weight is 267 g/mol. The van der Waals surface area contributed by atoms with Crippen molar-refractivity contribution in [3.05, 3.63) is 65.2 Å². The topological polar surface area (TPSA) is 42.2 Å². The summed E-state index contributed by atoms with van der Waals surface area (Å²) in [4.78, 5) is 0. The summed E-state index contributed by atoms with van der Waals surface area (Å²) in [5, 5.41) is 9.20. The maximum atomic E-state index is 9.20. The number of hydrogen-bond acceptors (Lipinski definition) is 3. The van der Waals surface area contributed by atoms with Crippen molar-refractivity contribution in [2.75, 3.05) is 13.7 Å². The van der Waals surface area contributed by atoms with E-state index >= 15 is 0 Å². The molecule has 20 heavy (non-hydrogen) atoms. The van der Waals surface area contributed by atoms with Crippen molar-refractivity contribution in [2.45, 2.75) is 13.0 Å². The van der Waals surface area contributed by atoms with Gasteiger partial charge in [-0.2, -0.15) is 5.26 Å². The first kappa shape index (κ1) is 14.1. The fourth-order valence-electron chi connectivity index (χ4n) is 1.90. The summed E-state index contributed by atoms with van der Waals surface area (Å²) in [6, 6.07) is 17.8. The summed E-state index contributed by atoms with van der Waals surface area (Å²) in [5.74, 6) is 0.623. The Kier molecular flexibility index (Phi) is 5.16. The van der Waals surface area contributed by atoms with Gasteiger partial charge < -0.3 is 9.47 Å². The first-order valence-corrected chi connectivity index (χ1v) is 6.52. The SMILES string of the molecule is COCCc1ccc(OCc2ccccc2)c(C#N)c1. The summed E-state index contributed by atoms with van der Waals surface area (Å²) in [5.41, 5.74) is 2.73. The van der Waals surface area contributed by atoms with Gasteiger partial charge in [0.05, 0.1) is 12.2 Å². The minimum Gasteiger partial charge on any atom is -0.488 e. The lowest BCUT2D eigenvalue weighted by molar-refractivity contribution is 0.202. The van der Waals surface area contributed by atoms with E-state index in [0.717, 1.165) is 17.5 Å². The second-order valence-electron chi connectivity index (χ2n) is 4.46. The van der Waals surface area contributed by atoms with Crippen LogP contribution in [0.3, 0.4) is 0 Å². The Hall–Kier alpha value is -2.31. The molecule has 0 amide bonds. The third-order valence-electron chi connectivity index (χ3n) is 3.00. The number of benzene rings is 2. The molecule has 0 saturated carbocycles. The summed E-state index contributed by atoms with van der Waals surface area (Å²) in [6.45, 7) is 1.11. The first-order valence-electron chi connectivity index (χ1n) is 6.52. The number of ether oxygens (including phenoxy) is 2. The molecule has 0 aliphatic carbocycles. The van der Waals surface area contributed by atoms with E-state index in [2.05, 4.69) is 6.07 Å². The Balaban J connectivity index is 2.06. The summed E-state index contributed by atoms with van der Waals surface area (Å²) < 4.78 is 10.8. The van der Waals surface area contributed by atoms with Crippen LogP contribution in [-0.4, -0.2) is 13.7 Å².